The minimum atomic E-state index is -0.228. The van der Waals surface area contributed by atoms with Crippen molar-refractivity contribution < 1.29 is 4.79 Å². The molecule has 2 aromatic carbocycles. The number of nitrogens with zero attached hydrogens (tertiary/aromatic N) is 1. The van der Waals surface area contributed by atoms with Crippen LogP contribution in [0.15, 0.2) is 60.7 Å². The Morgan fingerprint density at radius 3 is 1.78 bits per heavy atom. The molecule has 0 heterocycles. The molecule has 0 unspecified atom stereocenters. The highest BCUT2D eigenvalue weighted by atomic mass is 16.2. The van der Waals surface area contributed by atoms with E-state index in [1.165, 1.54) is 0 Å². The second kappa shape index (κ2) is 8.52. The Morgan fingerprint density at radius 2 is 1.39 bits per heavy atom. The first-order chi connectivity index (χ1) is 11.2. The Morgan fingerprint density at radius 1 is 0.913 bits per heavy atom. The van der Waals surface area contributed by atoms with Gasteiger partial charge >= 0.3 is 0 Å². The van der Waals surface area contributed by atoms with E-state index in [1.54, 1.807) is 0 Å². The van der Waals surface area contributed by atoms with Crippen molar-refractivity contribution in [1.29, 1.82) is 0 Å². The average Bonchev–Trinajstić information content (AvgIpc) is 2.61. The number of benzene rings is 2. The summed E-state index contributed by atoms with van der Waals surface area (Å²) < 4.78 is 0. The van der Waals surface area contributed by atoms with Gasteiger partial charge in [0.25, 0.3) is 0 Å². The molecular weight excluding hydrogens is 282 g/mol. The van der Waals surface area contributed by atoms with E-state index in [4.69, 9.17) is 0 Å². The van der Waals surface area contributed by atoms with E-state index in [1.807, 2.05) is 72.6 Å². The molecule has 2 rings (SSSR count). The van der Waals surface area contributed by atoms with Gasteiger partial charge in [-0.1, -0.05) is 80.9 Å². The number of rotatable bonds is 7. The molecule has 2 aromatic rings. The second-order valence-corrected chi connectivity index (χ2v) is 6.05. The van der Waals surface area contributed by atoms with Crippen LogP contribution in [-0.2, 0) is 4.79 Å². The number of carbonyl (C=O) groups excluding carboxylic acids is 1. The zero-order chi connectivity index (χ0) is 16.7. The van der Waals surface area contributed by atoms with Gasteiger partial charge in [0.1, 0.15) is 0 Å². The van der Waals surface area contributed by atoms with Gasteiger partial charge in [0.05, 0.1) is 5.92 Å². The molecule has 0 aliphatic carbocycles. The minimum absolute atomic E-state index is 0.183. The lowest BCUT2D eigenvalue weighted by atomic mass is 9.89. The second-order valence-electron chi connectivity index (χ2n) is 6.05. The molecular formula is C21H27NO. The Kier molecular flexibility index (Phi) is 6.40. The molecule has 23 heavy (non-hydrogen) atoms. The highest BCUT2D eigenvalue weighted by Gasteiger charge is 2.28. The zero-order valence-corrected chi connectivity index (χ0v) is 14.4. The number of hydrogen-bond acceptors (Lipinski definition) is 1. The Balaban J connectivity index is 2.36. The first kappa shape index (κ1) is 17.3. The molecule has 0 spiro atoms. The van der Waals surface area contributed by atoms with E-state index < -0.39 is 0 Å². The molecule has 1 amide bonds. The molecule has 0 aliphatic heterocycles. The van der Waals surface area contributed by atoms with Gasteiger partial charge in [-0.15, -0.1) is 0 Å². The smallest absolute Gasteiger partial charge is 0.234 e. The number of likely N-dealkylation sites (N-methyl/N-ethyl adjacent to an activating group) is 1. The lowest BCUT2D eigenvalue weighted by molar-refractivity contribution is -0.132. The highest BCUT2D eigenvalue weighted by Crippen LogP contribution is 2.28. The SMILES string of the molecule is CCC[C@@H](CC)N(C)C(=O)C(c1ccccc1)c1ccccc1. The molecule has 0 radical (unpaired) electrons. The fourth-order valence-corrected chi connectivity index (χ4v) is 3.16. The van der Waals surface area contributed by atoms with E-state index in [-0.39, 0.29) is 11.8 Å². The third-order valence-electron chi connectivity index (χ3n) is 4.50. The Hall–Kier alpha value is -2.09. The molecule has 0 N–H and O–H groups in total. The summed E-state index contributed by atoms with van der Waals surface area (Å²) in [5.74, 6) is -0.0454. The maximum Gasteiger partial charge on any atom is 0.234 e. The normalized spacial score (nSPS) is 12.2. The zero-order valence-electron chi connectivity index (χ0n) is 14.4. The minimum Gasteiger partial charge on any atom is -0.342 e. The first-order valence-electron chi connectivity index (χ1n) is 8.55. The lowest BCUT2D eigenvalue weighted by Crippen LogP contribution is -2.40. The summed E-state index contributed by atoms with van der Waals surface area (Å²) in [5.41, 5.74) is 2.11. The van der Waals surface area contributed by atoms with Gasteiger partial charge < -0.3 is 4.90 Å². The maximum atomic E-state index is 13.2. The molecule has 0 fully saturated rings. The molecule has 0 saturated carbocycles. The van der Waals surface area contributed by atoms with Crippen molar-refractivity contribution in [3.63, 3.8) is 0 Å². The monoisotopic (exact) mass is 309 g/mol. The van der Waals surface area contributed by atoms with Crippen LogP contribution in [0, 0.1) is 0 Å². The molecule has 0 aromatic heterocycles. The molecule has 2 nitrogen and oxygen atoms in total. The van der Waals surface area contributed by atoms with E-state index in [9.17, 15) is 4.79 Å². The van der Waals surface area contributed by atoms with Gasteiger partial charge in [-0.05, 0) is 24.0 Å². The van der Waals surface area contributed by atoms with Crippen molar-refractivity contribution in [2.24, 2.45) is 0 Å². The van der Waals surface area contributed by atoms with Crippen LogP contribution in [0.4, 0.5) is 0 Å². The fourth-order valence-electron chi connectivity index (χ4n) is 3.16. The van der Waals surface area contributed by atoms with Crippen LogP contribution in [0.5, 0.6) is 0 Å². The van der Waals surface area contributed by atoms with Crippen LogP contribution in [0.1, 0.15) is 50.2 Å². The molecule has 1 atom stereocenters. The predicted molar refractivity (Wildman–Crippen MR) is 96.5 cm³/mol. The van der Waals surface area contributed by atoms with Gasteiger partial charge in [-0.25, -0.2) is 0 Å². The van der Waals surface area contributed by atoms with Crippen molar-refractivity contribution in [1.82, 2.24) is 4.90 Å². The Labute approximate surface area is 140 Å². The van der Waals surface area contributed by atoms with Gasteiger partial charge in [-0.2, -0.15) is 0 Å². The molecule has 0 saturated heterocycles. The van der Waals surface area contributed by atoms with Crippen LogP contribution in [0.2, 0.25) is 0 Å². The van der Waals surface area contributed by atoms with Crippen molar-refractivity contribution in [3.8, 4) is 0 Å². The van der Waals surface area contributed by atoms with Crippen molar-refractivity contribution in [2.45, 2.75) is 45.1 Å². The summed E-state index contributed by atoms with van der Waals surface area (Å²) in [5, 5.41) is 0. The predicted octanol–water partition coefficient (Wildman–Crippen LogP) is 4.86. The highest BCUT2D eigenvalue weighted by molar-refractivity contribution is 5.87. The standard InChI is InChI=1S/C21H27NO/c1-4-12-19(5-2)22(3)21(23)20(17-13-8-6-9-14-17)18-15-10-7-11-16-18/h6-11,13-16,19-20H,4-5,12H2,1-3H3/t19-/m1/s1. The number of carbonyl (C=O) groups is 1. The summed E-state index contributed by atoms with van der Waals surface area (Å²) >= 11 is 0. The van der Waals surface area contributed by atoms with E-state index in [0.717, 1.165) is 30.4 Å². The number of amides is 1. The van der Waals surface area contributed by atoms with Gasteiger partial charge in [0.15, 0.2) is 0 Å². The van der Waals surface area contributed by atoms with Crippen LogP contribution in [-0.4, -0.2) is 23.9 Å². The lowest BCUT2D eigenvalue weighted by Gasteiger charge is -2.31. The summed E-state index contributed by atoms with van der Waals surface area (Å²) in [6.07, 6.45) is 3.14. The van der Waals surface area contributed by atoms with E-state index in [2.05, 4.69) is 13.8 Å². The van der Waals surface area contributed by atoms with Crippen LogP contribution >= 0.6 is 0 Å². The Bertz CT molecular complexity index is 554. The maximum absolute atomic E-state index is 13.2. The summed E-state index contributed by atoms with van der Waals surface area (Å²) in [6.45, 7) is 4.33. The topological polar surface area (TPSA) is 20.3 Å². The first-order valence-corrected chi connectivity index (χ1v) is 8.55. The quantitative estimate of drug-likeness (QED) is 0.715. The third kappa shape index (κ3) is 4.22. The third-order valence-corrected chi connectivity index (χ3v) is 4.50. The summed E-state index contributed by atoms with van der Waals surface area (Å²) in [7, 11) is 1.95. The van der Waals surface area contributed by atoms with Crippen molar-refractivity contribution >= 4 is 5.91 Å². The molecule has 122 valence electrons. The summed E-state index contributed by atoms with van der Waals surface area (Å²) in [4.78, 5) is 15.2. The average molecular weight is 309 g/mol. The van der Waals surface area contributed by atoms with E-state index in [0.29, 0.717) is 6.04 Å². The van der Waals surface area contributed by atoms with Crippen molar-refractivity contribution in [2.75, 3.05) is 7.05 Å². The molecule has 0 bridgehead atoms. The van der Waals surface area contributed by atoms with Gasteiger partial charge in [0.2, 0.25) is 5.91 Å². The van der Waals surface area contributed by atoms with Crippen LogP contribution < -0.4 is 0 Å². The van der Waals surface area contributed by atoms with Gasteiger partial charge in [0, 0.05) is 13.1 Å². The fraction of sp³-hybridized carbons (Fsp3) is 0.381. The van der Waals surface area contributed by atoms with Crippen molar-refractivity contribution in [3.05, 3.63) is 71.8 Å². The largest absolute Gasteiger partial charge is 0.342 e. The van der Waals surface area contributed by atoms with Crippen LogP contribution in [0.3, 0.4) is 0 Å². The number of hydrogen-bond donors (Lipinski definition) is 0. The molecule has 2 heteroatoms. The van der Waals surface area contributed by atoms with Gasteiger partial charge in [-0.3, -0.25) is 4.79 Å². The van der Waals surface area contributed by atoms with E-state index >= 15 is 0 Å². The summed E-state index contributed by atoms with van der Waals surface area (Å²) in [6, 6.07) is 20.5. The van der Waals surface area contributed by atoms with Crippen LogP contribution in [0.25, 0.3) is 0 Å². The molecule has 0 aliphatic rings.